The van der Waals surface area contributed by atoms with Crippen molar-refractivity contribution in [3.63, 3.8) is 0 Å². The van der Waals surface area contributed by atoms with Crippen LogP contribution in [0.25, 0.3) is 0 Å². The van der Waals surface area contributed by atoms with E-state index in [1.807, 2.05) is 24.3 Å². The molecule has 56 valence electrons. The van der Waals surface area contributed by atoms with E-state index in [0.717, 1.165) is 5.57 Å². The van der Waals surface area contributed by atoms with Crippen molar-refractivity contribution in [1.29, 1.82) is 0 Å². The molecular weight excluding hydrogens is 138 g/mol. The van der Waals surface area contributed by atoms with Crippen LogP contribution in [0.4, 0.5) is 0 Å². The average Bonchev–Trinajstić information content (AvgIpc) is 1.90. The third-order valence-electron chi connectivity index (χ3n) is 2.19. The van der Waals surface area contributed by atoms with Crippen LogP contribution in [-0.2, 0) is 4.79 Å². The Morgan fingerprint density at radius 2 is 2.09 bits per heavy atom. The van der Waals surface area contributed by atoms with E-state index < -0.39 is 0 Å². The zero-order chi connectivity index (χ0) is 7.84. The number of nitrogens with two attached hydrogens (primary N) is 1. The van der Waals surface area contributed by atoms with Crippen LogP contribution in [-0.4, -0.2) is 5.91 Å². The summed E-state index contributed by atoms with van der Waals surface area (Å²) in [5, 5.41) is 0. The van der Waals surface area contributed by atoms with E-state index in [1.54, 1.807) is 0 Å². The molecule has 0 aromatic rings. The molecule has 11 heavy (non-hydrogen) atoms. The highest BCUT2D eigenvalue weighted by Gasteiger charge is 2.32. The van der Waals surface area contributed by atoms with E-state index in [1.165, 1.54) is 0 Å². The van der Waals surface area contributed by atoms with Gasteiger partial charge in [0, 0.05) is 17.4 Å². The van der Waals surface area contributed by atoms with Gasteiger partial charge in [0.15, 0.2) is 0 Å². The molecule has 0 aromatic heterocycles. The molecule has 2 aliphatic carbocycles. The number of fused-ring (bicyclic) bond motifs is 1. The van der Waals surface area contributed by atoms with Crippen molar-refractivity contribution in [3.05, 3.63) is 36.0 Å². The Morgan fingerprint density at radius 1 is 1.36 bits per heavy atom. The fraction of sp³-hybridized carbons (Fsp3) is 0.222. The molecular formula is C9H9NO. The van der Waals surface area contributed by atoms with Gasteiger partial charge in [-0.05, 0) is 0 Å². The molecule has 2 rings (SSSR count). The van der Waals surface area contributed by atoms with Gasteiger partial charge in [0.2, 0.25) is 5.91 Å². The maximum atomic E-state index is 10.7. The second kappa shape index (κ2) is 2.09. The van der Waals surface area contributed by atoms with Crippen molar-refractivity contribution >= 4 is 5.91 Å². The molecule has 0 fully saturated rings. The van der Waals surface area contributed by atoms with Crippen molar-refractivity contribution in [1.82, 2.24) is 0 Å². The molecule has 0 spiro atoms. The lowest BCUT2D eigenvalue weighted by molar-refractivity contribution is -0.115. The summed E-state index contributed by atoms with van der Waals surface area (Å²) in [6.45, 7) is 0. The van der Waals surface area contributed by atoms with Gasteiger partial charge in [-0.25, -0.2) is 0 Å². The first-order valence-corrected chi connectivity index (χ1v) is 3.65. The van der Waals surface area contributed by atoms with Crippen LogP contribution in [0.2, 0.25) is 0 Å². The molecule has 0 saturated heterocycles. The normalized spacial score (nSPS) is 32.2. The Bertz CT molecular complexity index is 286. The van der Waals surface area contributed by atoms with Crippen LogP contribution in [0.5, 0.6) is 0 Å². The van der Waals surface area contributed by atoms with Crippen LogP contribution < -0.4 is 5.73 Å². The number of rotatable bonds is 1. The van der Waals surface area contributed by atoms with E-state index in [0.29, 0.717) is 5.92 Å². The van der Waals surface area contributed by atoms with Crippen molar-refractivity contribution in [2.75, 3.05) is 0 Å². The molecule has 2 aliphatic rings. The zero-order valence-electron chi connectivity index (χ0n) is 6.03. The number of hydrogen-bond acceptors (Lipinski definition) is 1. The first-order chi connectivity index (χ1) is 5.29. The second-order valence-corrected chi connectivity index (χ2v) is 2.86. The Morgan fingerprint density at radius 3 is 2.73 bits per heavy atom. The van der Waals surface area contributed by atoms with E-state index >= 15 is 0 Å². The molecule has 2 N–H and O–H groups in total. The summed E-state index contributed by atoms with van der Waals surface area (Å²) >= 11 is 0. The summed E-state index contributed by atoms with van der Waals surface area (Å²) in [7, 11) is 0. The molecule has 2 unspecified atom stereocenters. The topological polar surface area (TPSA) is 43.1 Å². The van der Waals surface area contributed by atoms with Gasteiger partial charge in [-0.15, -0.1) is 0 Å². The van der Waals surface area contributed by atoms with E-state index in [-0.39, 0.29) is 11.8 Å². The van der Waals surface area contributed by atoms with Crippen LogP contribution in [0.1, 0.15) is 0 Å². The van der Waals surface area contributed by atoms with Gasteiger partial charge in [0.05, 0.1) is 0 Å². The molecule has 0 bridgehead atoms. The van der Waals surface area contributed by atoms with Gasteiger partial charge in [0.1, 0.15) is 0 Å². The van der Waals surface area contributed by atoms with E-state index in [9.17, 15) is 4.79 Å². The minimum Gasteiger partial charge on any atom is -0.366 e. The lowest BCUT2D eigenvalue weighted by atomic mass is 9.72. The summed E-state index contributed by atoms with van der Waals surface area (Å²) in [6, 6.07) is 0. The number of amides is 1. The summed E-state index contributed by atoms with van der Waals surface area (Å²) in [6.07, 6.45) is 9.97. The zero-order valence-corrected chi connectivity index (χ0v) is 6.03. The number of allylic oxidation sites excluding steroid dienone is 5. The monoisotopic (exact) mass is 147 g/mol. The SMILES string of the molecule is NC(=O)C1=CC2C=CC=CC12. The Kier molecular flexibility index (Phi) is 1.22. The molecule has 0 aliphatic heterocycles. The third kappa shape index (κ3) is 0.827. The highest BCUT2D eigenvalue weighted by Crippen LogP contribution is 2.37. The van der Waals surface area contributed by atoms with Crippen LogP contribution >= 0.6 is 0 Å². The van der Waals surface area contributed by atoms with Crippen molar-refractivity contribution in [3.8, 4) is 0 Å². The molecule has 2 heteroatoms. The minimum atomic E-state index is -0.286. The maximum absolute atomic E-state index is 10.7. The number of carbonyl (C=O) groups is 1. The number of carbonyl (C=O) groups excluding carboxylic acids is 1. The lowest BCUT2D eigenvalue weighted by Crippen LogP contribution is -2.31. The van der Waals surface area contributed by atoms with Gasteiger partial charge < -0.3 is 5.73 Å². The second-order valence-electron chi connectivity index (χ2n) is 2.86. The molecule has 2 nitrogen and oxygen atoms in total. The fourth-order valence-corrected chi connectivity index (χ4v) is 1.54. The summed E-state index contributed by atoms with van der Waals surface area (Å²) in [5.41, 5.74) is 5.90. The van der Waals surface area contributed by atoms with Crippen LogP contribution in [0.3, 0.4) is 0 Å². The summed E-state index contributed by atoms with van der Waals surface area (Å²) < 4.78 is 0. The standard InChI is InChI=1S/C9H9NO/c10-9(11)8-5-6-3-1-2-4-7(6)8/h1-7H,(H2,10,11). The van der Waals surface area contributed by atoms with Gasteiger partial charge in [-0.2, -0.15) is 0 Å². The Labute approximate surface area is 65.1 Å². The third-order valence-corrected chi connectivity index (χ3v) is 2.19. The Hall–Kier alpha value is -1.31. The number of primary amides is 1. The molecule has 0 radical (unpaired) electrons. The number of hydrogen-bond donors (Lipinski definition) is 1. The highest BCUT2D eigenvalue weighted by atomic mass is 16.1. The maximum Gasteiger partial charge on any atom is 0.244 e. The smallest absolute Gasteiger partial charge is 0.244 e. The van der Waals surface area contributed by atoms with Crippen molar-refractivity contribution in [2.24, 2.45) is 17.6 Å². The largest absolute Gasteiger partial charge is 0.366 e. The first-order valence-electron chi connectivity index (χ1n) is 3.65. The van der Waals surface area contributed by atoms with Gasteiger partial charge in [-0.1, -0.05) is 30.4 Å². The lowest BCUT2D eigenvalue weighted by Gasteiger charge is -2.31. The van der Waals surface area contributed by atoms with Crippen molar-refractivity contribution in [2.45, 2.75) is 0 Å². The van der Waals surface area contributed by atoms with Crippen molar-refractivity contribution < 1.29 is 4.79 Å². The predicted octanol–water partition coefficient (Wildman–Crippen LogP) is 0.770. The molecule has 0 aromatic carbocycles. The Balaban J connectivity index is 2.26. The van der Waals surface area contributed by atoms with Crippen LogP contribution in [0.15, 0.2) is 36.0 Å². The average molecular weight is 147 g/mol. The predicted molar refractivity (Wildman–Crippen MR) is 42.5 cm³/mol. The van der Waals surface area contributed by atoms with E-state index in [4.69, 9.17) is 5.73 Å². The molecule has 1 amide bonds. The van der Waals surface area contributed by atoms with E-state index in [2.05, 4.69) is 6.08 Å². The first kappa shape index (κ1) is 6.40. The molecule has 0 heterocycles. The van der Waals surface area contributed by atoms with Gasteiger partial charge in [-0.3, -0.25) is 4.79 Å². The molecule has 2 atom stereocenters. The van der Waals surface area contributed by atoms with Gasteiger partial charge >= 0.3 is 0 Å². The molecule has 0 saturated carbocycles. The minimum absolute atomic E-state index is 0.262. The quantitative estimate of drug-likeness (QED) is 0.585. The fourth-order valence-electron chi connectivity index (χ4n) is 1.54. The van der Waals surface area contributed by atoms with Gasteiger partial charge in [0.25, 0.3) is 0 Å². The summed E-state index contributed by atoms with van der Waals surface area (Å²) in [5.74, 6) is 0.395. The summed E-state index contributed by atoms with van der Waals surface area (Å²) in [4.78, 5) is 10.7. The van der Waals surface area contributed by atoms with Crippen LogP contribution in [0, 0.1) is 11.8 Å². The highest BCUT2D eigenvalue weighted by molar-refractivity contribution is 5.95.